The summed E-state index contributed by atoms with van der Waals surface area (Å²) in [4.78, 5) is 0. The van der Waals surface area contributed by atoms with Crippen LogP contribution in [-0.4, -0.2) is 20.3 Å². The summed E-state index contributed by atoms with van der Waals surface area (Å²) in [5.74, 6) is 0. The molecule has 1 aliphatic rings. The smallest absolute Gasteiger partial charge is 0.114 e. The van der Waals surface area contributed by atoms with Gasteiger partial charge in [0.2, 0.25) is 0 Å². The van der Waals surface area contributed by atoms with Crippen LogP contribution in [-0.2, 0) is 9.47 Å². The van der Waals surface area contributed by atoms with Crippen LogP contribution in [0.25, 0.3) is 0 Å². The molecule has 0 atom stereocenters. The van der Waals surface area contributed by atoms with E-state index < -0.39 is 0 Å². The van der Waals surface area contributed by atoms with E-state index >= 15 is 0 Å². The van der Waals surface area contributed by atoms with Crippen molar-refractivity contribution in [2.45, 2.75) is 0 Å². The Bertz CT molecular complexity index is 86.1. The van der Waals surface area contributed by atoms with Gasteiger partial charge in [0.05, 0.1) is 12.9 Å². The monoisotopic (exact) mass is 100 g/mol. The fraction of sp³-hybridized carbons (Fsp3) is 0.600. The van der Waals surface area contributed by atoms with Gasteiger partial charge in [0, 0.05) is 12.7 Å². The number of rotatable bonds is 2. The lowest BCUT2D eigenvalue weighted by atomic mass is 10.3. The molecule has 0 saturated carbocycles. The molecule has 0 saturated heterocycles. The van der Waals surface area contributed by atoms with E-state index in [1.165, 1.54) is 5.57 Å². The molecule has 0 fully saturated rings. The third kappa shape index (κ3) is 0.933. The van der Waals surface area contributed by atoms with Crippen LogP contribution in [0.1, 0.15) is 0 Å². The summed E-state index contributed by atoms with van der Waals surface area (Å²) >= 11 is 0. The van der Waals surface area contributed by atoms with Gasteiger partial charge >= 0.3 is 0 Å². The average Bonchev–Trinajstić information content (AvgIpc) is 1.55. The summed E-state index contributed by atoms with van der Waals surface area (Å²) in [5.41, 5.74) is 1.24. The van der Waals surface area contributed by atoms with Crippen molar-refractivity contribution in [2.75, 3.05) is 20.3 Å². The predicted molar refractivity (Wildman–Crippen MR) is 25.9 cm³/mol. The van der Waals surface area contributed by atoms with Gasteiger partial charge in [-0.2, -0.15) is 0 Å². The number of hydrogen-bond donors (Lipinski definition) is 0. The Kier molecular flexibility index (Phi) is 1.32. The van der Waals surface area contributed by atoms with Crippen LogP contribution >= 0.6 is 0 Å². The van der Waals surface area contributed by atoms with Gasteiger partial charge < -0.3 is 9.47 Å². The van der Waals surface area contributed by atoms with Crippen molar-refractivity contribution in [1.29, 1.82) is 0 Å². The van der Waals surface area contributed by atoms with Crippen LogP contribution < -0.4 is 0 Å². The minimum absolute atomic E-state index is 0.722. The van der Waals surface area contributed by atoms with Crippen molar-refractivity contribution in [3.8, 4) is 0 Å². The van der Waals surface area contributed by atoms with Crippen molar-refractivity contribution in [3.05, 3.63) is 11.8 Å². The van der Waals surface area contributed by atoms with Crippen molar-refractivity contribution in [3.63, 3.8) is 0 Å². The molecule has 0 aromatic heterocycles. The molecule has 0 bridgehead atoms. The molecule has 0 radical (unpaired) electrons. The lowest BCUT2D eigenvalue weighted by molar-refractivity contribution is 0.160. The topological polar surface area (TPSA) is 18.5 Å². The predicted octanol–water partition coefficient (Wildman–Crippen LogP) is 0.547. The highest BCUT2D eigenvalue weighted by molar-refractivity contribution is 5.05. The highest BCUT2D eigenvalue weighted by Crippen LogP contribution is 2.05. The van der Waals surface area contributed by atoms with Crippen molar-refractivity contribution in [1.82, 2.24) is 0 Å². The number of methoxy groups -OCH3 is 1. The van der Waals surface area contributed by atoms with Crippen LogP contribution in [0.5, 0.6) is 0 Å². The van der Waals surface area contributed by atoms with Crippen LogP contribution in [0.15, 0.2) is 11.8 Å². The summed E-state index contributed by atoms with van der Waals surface area (Å²) < 4.78 is 9.54. The second kappa shape index (κ2) is 1.98. The van der Waals surface area contributed by atoms with Crippen LogP contribution in [0, 0.1) is 0 Å². The fourth-order valence-electron chi connectivity index (χ4n) is 0.462. The van der Waals surface area contributed by atoms with Gasteiger partial charge in [0.25, 0.3) is 0 Å². The number of hydrogen-bond acceptors (Lipinski definition) is 2. The molecule has 1 rings (SSSR count). The Morgan fingerprint density at radius 1 is 2.00 bits per heavy atom. The zero-order valence-electron chi connectivity index (χ0n) is 4.31. The Labute approximate surface area is 42.7 Å². The molecular weight excluding hydrogens is 92.1 g/mol. The van der Waals surface area contributed by atoms with Gasteiger partial charge in [-0.15, -0.1) is 0 Å². The second-order valence-electron chi connectivity index (χ2n) is 1.52. The third-order valence-electron chi connectivity index (χ3n) is 0.848. The third-order valence-corrected chi connectivity index (χ3v) is 0.848. The molecule has 0 aromatic rings. The lowest BCUT2D eigenvalue weighted by Gasteiger charge is -2.13. The van der Waals surface area contributed by atoms with Crippen molar-refractivity contribution >= 4 is 0 Å². The highest BCUT2D eigenvalue weighted by atomic mass is 16.5. The Morgan fingerprint density at radius 3 is 2.86 bits per heavy atom. The fourth-order valence-corrected chi connectivity index (χ4v) is 0.462. The Morgan fingerprint density at radius 2 is 2.71 bits per heavy atom. The van der Waals surface area contributed by atoms with E-state index in [0.29, 0.717) is 0 Å². The van der Waals surface area contributed by atoms with E-state index in [2.05, 4.69) is 0 Å². The molecule has 0 aromatic carbocycles. The van der Waals surface area contributed by atoms with Gasteiger partial charge in [-0.05, 0) is 0 Å². The average molecular weight is 100 g/mol. The molecule has 0 unspecified atom stereocenters. The van der Waals surface area contributed by atoms with Gasteiger partial charge in [-0.3, -0.25) is 0 Å². The van der Waals surface area contributed by atoms with Gasteiger partial charge in [-0.1, -0.05) is 0 Å². The summed E-state index contributed by atoms with van der Waals surface area (Å²) in [5, 5.41) is 0. The van der Waals surface area contributed by atoms with Gasteiger partial charge in [0.1, 0.15) is 6.61 Å². The first-order valence-electron chi connectivity index (χ1n) is 2.22. The molecule has 1 aliphatic heterocycles. The van der Waals surface area contributed by atoms with E-state index in [1.807, 2.05) is 0 Å². The summed E-state index contributed by atoms with van der Waals surface area (Å²) in [7, 11) is 1.68. The summed E-state index contributed by atoms with van der Waals surface area (Å²) in [6.45, 7) is 1.48. The van der Waals surface area contributed by atoms with E-state index in [1.54, 1.807) is 13.4 Å². The standard InChI is InChI=1S/C5H8O2/c1-6-2-5-3-7-4-5/h3H,2,4H2,1H3. The zero-order chi connectivity index (χ0) is 5.11. The maximum absolute atomic E-state index is 4.80. The normalized spacial score (nSPS) is 17.0. The quantitative estimate of drug-likeness (QED) is 0.504. The Balaban J connectivity index is 2.15. The van der Waals surface area contributed by atoms with Gasteiger partial charge in [-0.25, -0.2) is 0 Å². The largest absolute Gasteiger partial charge is 0.496 e. The molecule has 0 aliphatic carbocycles. The molecule has 0 amide bonds. The number of ether oxygens (including phenoxy) is 2. The summed E-state index contributed by atoms with van der Waals surface area (Å²) in [6.07, 6.45) is 1.73. The molecule has 1 heterocycles. The minimum Gasteiger partial charge on any atom is -0.496 e. The highest BCUT2D eigenvalue weighted by Gasteiger charge is 2.03. The SMILES string of the molecule is COCC1=COC1. The molecular formula is C5H8O2. The lowest BCUT2D eigenvalue weighted by Crippen LogP contribution is -2.09. The van der Waals surface area contributed by atoms with Crippen LogP contribution in [0.4, 0.5) is 0 Å². The Hall–Kier alpha value is -0.500. The van der Waals surface area contributed by atoms with Crippen LogP contribution in [0.2, 0.25) is 0 Å². The molecule has 2 nitrogen and oxygen atoms in total. The maximum Gasteiger partial charge on any atom is 0.114 e. The maximum atomic E-state index is 4.80. The molecule has 0 spiro atoms. The minimum atomic E-state index is 0.722. The van der Waals surface area contributed by atoms with E-state index in [0.717, 1.165) is 13.2 Å². The second-order valence-corrected chi connectivity index (χ2v) is 1.52. The van der Waals surface area contributed by atoms with Crippen LogP contribution in [0.3, 0.4) is 0 Å². The molecule has 7 heavy (non-hydrogen) atoms. The van der Waals surface area contributed by atoms with Crippen molar-refractivity contribution in [2.24, 2.45) is 0 Å². The van der Waals surface area contributed by atoms with E-state index in [4.69, 9.17) is 9.47 Å². The summed E-state index contributed by atoms with van der Waals surface area (Å²) in [6, 6.07) is 0. The van der Waals surface area contributed by atoms with E-state index in [9.17, 15) is 0 Å². The zero-order valence-corrected chi connectivity index (χ0v) is 4.31. The van der Waals surface area contributed by atoms with E-state index in [-0.39, 0.29) is 0 Å². The van der Waals surface area contributed by atoms with Gasteiger partial charge in [0.15, 0.2) is 0 Å². The first-order chi connectivity index (χ1) is 3.43. The first kappa shape index (κ1) is 4.65. The van der Waals surface area contributed by atoms with Crippen molar-refractivity contribution < 1.29 is 9.47 Å². The molecule has 40 valence electrons. The molecule has 0 N–H and O–H groups in total. The molecule has 2 heteroatoms. The first-order valence-corrected chi connectivity index (χ1v) is 2.22.